The Balaban J connectivity index is 3.09. The molecule has 19 heavy (non-hydrogen) atoms. The molecule has 1 N–H and O–H groups in total. The summed E-state index contributed by atoms with van der Waals surface area (Å²) in [4.78, 5) is 21.0. The SMILES string of the molecule is C#CC(CC)NC(=O)c1cc(F)c([N+](=O)[O-])cc1F. The van der Waals surface area contributed by atoms with Crippen molar-refractivity contribution in [1.82, 2.24) is 5.32 Å². The molecular formula is C12H10F2N2O3. The highest BCUT2D eigenvalue weighted by atomic mass is 19.1. The molecule has 0 radical (unpaired) electrons. The predicted octanol–water partition coefficient (Wildman–Crippen LogP) is 2.01. The number of rotatable bonds is 4. The van der Waals surface area contributed by atoms with Crippen LogP contribution < -0.4 is 5.32 Å². The van der Waals surface area contributed by atoms with E-state index in [0.29, 0.717) is 18.6 Å². The molecule has 7 heteroatoms. The first-order chi connectivity index (χ1) is 8.90. The number of benzene rings is 1. The molecule has 0 aliphatic rings. The van der Waals surface area contributed by atoms with Gasteiger partial charge in [0.1, 0.15) is 5.82 Å². The van der Waals surface area contributed by atoms with Gasteiger partial charge < -0.3 is 5.32 Å². The van der Waals surface area contributed by atoms with Gasteiger partial charge in [0.05, 0.1) is 22.6 Å². The summed E-state index contributed by atoms with van der Waals surface area (Å²) in [6.45, 7) is 1.71. The van der Waals surface area contributed by atoms with E-state index in [9.17, 15) is 23.7 Å². The van der Waals surface area contributed by atoms with E-state index in [0.717, 1.165) is 0 Å². The lowest BCUT2D eigenvalue weighted by Crippen LogP contribution is -2.33. The molecular weight excluding hydrogens is 258 g/mol. The quantitative estimate of drug-likeness (QED) is 0.516. The molecule has 1 aromatic rings. The number of carbonyl (C=O) groups is 1. The highest BCUT2D eigenvalue weighted by Gasteiger charge is 2.22. The van der Waals surface area contributed by atoms with Crippen molar-refractivity contribution in [2.45, 2.75) is 19.4 Å². The van der Waals surface area contributed by atoms with Crippen LogP contribution >= 0.6 is 0 Å². The molecule has 5 nitrogen and oxygen atoms in total. The first-order valence-corrected chi connectivity index (χ1v) is 5.31. The first kappa shape index (κ1) is 14.6. The molecule has 1 amide bonds. The second kappa shape index (κ2) is 5.91. The molecule has 0 heterocycles. The van der Waals surface area contributed by atoms with E-state index >= 15 is 0 Å². The lowest BCUT2D eigenvalue weighted by molar-refractivity contribution is -0.387. The average Bonchev–Trinajstić information content (AvgIpc) is 2.37. The number of carbonyl (C=O) groups excluding carboxylic acids is 1. The number of nitrogens with one attached hydrogen (secondary N) is 1. The van der Waals surface area contributed by atoms with Crippen molar-refractivity contribution >= 4 is 11.6 Å². The summed E-state index contributed by atoms with van der Waals surface area (Å²) in [7, 11) is 0. The molecule has 1 unspecified atom stereocenters. The summed E-state index contributed by atoms with van der Waals surface area (Å²) in [6, 6.07) is 0.220. The van der Waals surface area contributed by atoms with Gasteiger partial charge in [0.2, 0.25) is 5.82 Å². The van der Waals surface area contributed by atoms with Gasteiger partial charge in [-0.25, -0.2) is 4.39 Å². The largest absolute Gasteiger partial charge is 0.338 e. The lowest BCUT2D eigenvalue weighted by Gasteiger charge is -2.11. The topological polar surface area (TPSA) is 72.2 Å². The molecule has 0 bridgehead atoms. The van der Waals surface area contributed by atoms with Crippen molar-refractivity contribution in [2.24, 2.45) is 0 Å². The Morgan fingerprint density at radius 2 is 2.16 bits per heavy atom. The van der Waals surface area contributed by atoms with Gasteiger partial charge >= 0.3 is 5.69 Å². The fourth-order valence-corrected chi connectivity index (χ4v) is 1.35. The molecule has 0 fully saturated rings. The van der Waals surface area contributed by atoms with Gasteiger partial charge in [-0.15, -0.1) is 6.42 Å². The smallest absolute Gasteiger partial charge is 0.307 e. The zero-order valence-corrected chi connectivity index (χ0v) is 9.94. The standard InChI is InChI=1S/C12H10F2N2O3/c1-3-7(4-2)15-12(17)8-5-10(14)11(16(18)19)6-9(8)13/h1,5-7H,4H2,2H3,(H,15,17). The van der Waals surface area contributed by atoms with Crippen LogP contribution in [0.1, 0.15) is 23.7 Å². The van der Waals surface area contributed by atoms with E-state index in [1.165, 1.54) is 0 Å². The summed E-state index contributed by atoms with van der Waals surface area (Å²) >= 11 is 0. The number of hydrogen-bond donors (Lipinski definition) is 1. The summed E-state index contributed by atoms with van der Waals surface area (Å²) in [5, 5.41) is 12.7. The zero-order chi connectivity index (χ0) is 14.6. The third-order valence-electron chi connectivity index (χ3n) is 2.39. The van der Waals surface area contributed by atoms with Gasteiger partial charge in [-0.1, -0.05) is 12.8 Å². The van der Waals surface area contributed by atoms with Crippen LogP contribution in [0.15, 0.2) is 12.1 Å². The van der Waals surface area contributed by atoms with Gasteiger partial charge in [-0.05, 0) is 12.5 Å². The second-order valence-corrected chi connectivity index (χ2v) is 3.64. The maximum atomic E-state index is 13.5. The fraction of sp³-hybridized carbons (Fsp3) is 0.250. The monoisotopic (exact) mass is 268 g/mol. The van der Waals surface area contributed by atoms with Gasteiger partial charge in [0.25, 0.3) is 5.91 Å². The highest BCUT2D eigenvalue weighted by molar-refractivity contribution is 5.95. The molecule has 0 saturated carbocycles. The van der Waals surface area contributed by atoms with Crippen molar-refractivity contribution in [3.8, 4) is 12.3 Å². The van der Waals surface area contributed by atoms with Gasteiger partial charge in [-0.3, -0.25) is 14.9 Å². The lowest BCUT2D eigenvalue weighted by atomic mass is 10.1. The van der Waals surface area contributed by atoms with Crippen LogP contribution in [0.4, 0.5) is 14.5 Å². The Labute approximate surface area is 107 Å². The van der Waals surface area contributed by atoms with Crippen molar-refractivity contribution in [3.63, 3.8) is 0 Å². The molecule has 100 valence electrons. The summed E-state index contributed by atoms with van der Waals surface area (Å²) in [5.74, 6) is -1.13. The van der Waals surface area contributed by atoms with Crippen LogP contribution in [0, 0.1) is 34.1 Å². The van der Waals surface area contributed by atoms with Crippen LogP contribution in [0.25, 0.3) is 0 Å². The summed E-state index contributed by atoms with van der Waals surface area (Å²) in [6.07, 6.45) is 5.54. The number of amides is 1. The van der Waals surface area contributed by atoms with Crippen LogP contribution in [-0.4, -0.2) is 16.9 Å². The molecule has 0 spiro atoms. The Kier molecular flexibility index (Phi) is 4.53. The Morgan fingerprint density at radius 1 is 1.53 bits per heavy atom. The van der Waals surface area contributed by atoms with Crippen LogP contribution in [0.3, 0.4) is 0 Å². The maximum Gasteiger partial charge on any atom is 0.307 e. The van der Waals surface area contributed by atoms with Crippen LogP contribution in [0.5, 0.6) is 0 Å². The molecule has 0 saturated heterocycles. The van der Waals surface area contributed by atoms with E-state index in [2.05, 4.69) is 11.2 Å². The molecule has 1 rings (SSSR count). The Bertz CT molecular complexity index is 567. The number of terminal acetylenes is 1. The number of nitrogens with zero attached hydrogens (tertiary/aromatic N) is 1. The fourth-order valence-electron chi connectivity index (χ4n) is 1.35. The number of nitro groups is 1. The van der Waals surface area contributed by atoms with E-state index in [4.69, 9.17) is 6.42 Å². The van der Waals surface area contributed by atoms with Crippen molar-refractivity contribution in [1.29, 1.82) is 0 Å². The van der Waals surface area contributed by atoms with Crippen molar-refractivity contribution < 1.29 is 18.5 Å². The van der Waals surface area contributed by atoms with E-state index < -0.39 is 39.8 Å². The number of halogens is 2. The van der Waals surface area contributed by atoms with Gasteiger partial charge in [-0.2, -0.15) is 4.39 Å². The van der Waals surface area contributed by atoms with E-state index in [1.807, 2.05) is 0 Å². The summed E-state index contributed by atoms with van der Waals surface area (Å²) in [5.41, 5.74) is -1.66. The maximum absolute atomic E-state index is 13.5. The van der Waals surface area contributed by atoms with Crippen LogP contribution in [0.2, 0.25) is 0 Å². The highest BCUT2D eigenvalue weighted by Crippen LogP contribution is 2.21. The Morgan fingerprint density at radius 3 is 2.63 bits per heavy atom. The number of nitro benzene ring substituents is 1. The summed E-state index contributed by atoms with van der Waals surface area (Å²) < 4.78 is 26.8. The van der Waals surface area contributed by atoms with Gasteiger partial charge in [0, 0.05) is 0 Å². The zero-order valence-electron chi connectivity index (χ0n) is 9.94. The first-order valence-electron chi connectivity index (χ1n) is 5.31. The van der Waals surface area contributed by atoms with Crippen LogP contribution in [-0.2, 0) is 0 Å². The minimum Gasteiger partial charge on any atom is -0.338 e. The third-order valence-corrected chi connectivity index (χ3v) is 2.39. The van der Waals surface area contributed by atoms with E-state index in [-0.39, 0.29) is 0 Å². The molecule has 1 aromatic carbocycles. The minimum absolute atomic E-state index is 0.362. The van der Waals surface area contributed by atoms with Crippen molar-refractivity contribution in [3.05, 3.63) is 39.4 Å². The van der Waals surface area contributed by atoms with Crippen molar-refractivity contribution in [2.75, 3.05) is 0 Å². The molecule has 0 aliphatic heterocycles. The van der Waals surface area contributed by atoms with Gasteiger partial charge in [0.15, 0.2) is 0 Å². The average molecular weight is 268 g/mol. The Hall–Kier alpha value is -2.49. The molecule has 0 aliphatic carbocycles. The van der Waals surface area contributed by atoms with E-state index in [1.54, 1.807) is 6.92 Å². The normalized spacial score (nSPS) is 11.5. The second-order valence-electron chi connectivity index (χ2n) is 3.64. The third kappa shape index (κ3) is 3.25. The number of hydrogen-bond acceptors (Lipinski definition) is 3. The minimum atomic E-state index is -1.29. The molecule has 1 atom stereocenters. The predicted molar refractivity (Wildman–Crippen MR) is 63.4 cm³/mol. The molecule has 0 aromatic heterocycles.